The fourth-order valence-corrected chi connectivity index (χ4v) is 1.92. The first kappa shape index (κ1) is 9.53. The first-order valence-corrected chi connectivity index (χ1v) is 5.47. The van der Waals surface area contributed by atoms with E-state index in [-0.39, 0.29) is 0 Å². The van der Waals surface area contributed by atoms with Crippen molar-refractivity contribution in [3.05, 3.63) is 30.3 Å². The average Bonchev–Trinajstić information content (AvgIpc) is 2.18. The van der Waals surface area contributed by atoms with Crippen molar-refractivity contribution in [2.45, 2.75) is 12.8 Å². The van der Waals surface area contributed by atoms with Crippen LogP contribution < -0.4 is 10.2 Å². The van der Waals surface area contributed by atoms with E-state index in [1.165, 1.54) is 31.6 Å². The van der Waals surface area contributed by atoms with Crippen molar-refractivity contribution in [2.24, 2.45) is 0 Å². The molecule has 14 heavy (non-hydrogen) atoms. The van der Waals surface area contributed by atoms with Gasteiger partial charge in [-0.25, -0.2) is 0 Å². The minimum atomic E-state index is 1.16. The molecule has 0 atom stereocenters. The fraction of sp³-hybridized carbons (Fsp3) is 0.500. The predicted octanol–water partition coefficient (Wildman–Crippen LogP) is 1.88. The van der Waals surface area contributed by atoms with Crippen LogP contribution in [-0.4, -0.2) is 26.2 Å². The normalized spacial score (nSPS) is 18.7. The second-order valence-electron chi connectivity index (χ2n) is 3.78. The van der Waals surface area contributed by atoms with Crippen LogP contribution in [0.3, 0.4) is 0 Å². The third kappa shape index (κ3) is 2.48. The minimum absolute atomic E-state index is 1.16. The summed E-state index contributed by atoms with van der Waals surface area (Å²) in [4.78, 5) is 2.49. The minimum Gasteiger partial charge on any atom is -0.371 e. The highest BCUT2D eigenvalue weighted by atomic mass is 15.1. The summed E-state index contributed by atoms with van der Waals surface area (Å²) in [5.74, 6) is 0. The highest BCUT2D eigenvalue weighted by Gasteiger charge is 2.07. The SMILES string of the molecule is c1ccc(N2CCCNCCC2)cc1. The summed E-state index contributed by atoms with van der Waals surface area (Å²) in [6.07, 6.45) is 2.49. The maximum atomic E-state index is 3.43. The molecule has 1 saturated heterocycles. The van der Waals surface area contributed by atoms with Gasteiger partial charge in [-0.1, -0.05) is 18.2 Å². The lowest BCUT2D eigenvalue weighted by molar-refractivity contribution is 0.567. The van der Waals surface area contributed by atoms with Crippen LogP contribution in [0.1, 0.15) is 12.8 Å². The molecule has 0 aromatic heterocycles. The van der Waals surface area contributed by atoms with Gasteiger partial charge in [-0.2, -0.15) is 0 Å². The maximum Gasteiger partial charge on any atom is 0.0366 e. The molecule has 0 bridgehead atoms. The molecular formula is C12H18N2. The fourth-order valence-electron chi connectivity index (χ4n) is 1.92. The zero-order valence-corrected chi connectivity index (χ0v) is 8.58. The molecule has 0 radical (unpaired) electrons. The predicted molar refractivity (Wildman–Crippen MR) is 60.8 cm³/mol. The third-order valence-corrected chi connectivity index (χ3v) is 2.68. The van der Waals surface area contributed by atoms with Crippen molar-refractivity contribution in [1.29, 1.82) is 0 Å². The summed E-state index contributed by atoms with van der Waals surface area (Å²) < 4.78 is 0. The van der Waals surface area contributed by atoms with E-state index >= 15 is 0 Å². The van der Waals surface area contributed by atoms with Gasteiger partial charge in [-0.15, -0.1) is 0 Å². The second-order valence-corrected chi connectivity index (χ2v) is 3.78. The Morgan fingerprint density at radius 3 is 2.21 bits per heavy atom. The smallest absolute Gasteiger partial charge is 0.0366 e. The molecule has 1 aromatic rings. The Morgan fingerprint density at radius 1 is 0.929 bits per heavy atom. The zero-order chi connectivity index (χ0) is 9.64. The van der Waals surface area contributed by atoms with E-state index in [0.29, 0.717) is 0 Å². The van der Waals surface area contributed by atoms with E-state index in [1.807, 2.05) is 0 Å². The van der Waals surface area contributed by atoms with Gasteiger partial charge in [-0.3, -0.25) is 0 Å². The standard InChI is InChI=1S/C12H18N2/c1-2-6-12(7-3-1)14-10-4-8-13-9-5-11-14/h1-3,6-7,13H,4-5,8-11H2. The Morgan fingerprint density at radius 2 is 1.57 bits per heavy atom. The molecule has 0 unspecified atom stereocenters. The van der Waals surface area contributed by atoms with Gasteiger partial charge in [-0.05, 0) is 38.1 Å². The Hall–Kier alpha value is -1.02. The molecule has 2 heteroatoms. The molecule has 1 fully saturated rings. The van der Waals surface area contributed by atoms with E-state index in [9.17, 15) is 0 Å². The van der Waals surface area contributed by atoms with Gasteiger partial charge in [0, 0.05) is 18.8 Å². The van der Waals surface area contributed by atoms with Gasteiger partial charge in [0.2, 0.25) is 0 Å². The van der Waals surface area contributed by atoms with Crippen LogP contribution in [0, 0.1) is 0 Å². The summed E-state index contributed by atoms with van der Waals surface area (Å²) in [7, 11) is 0. The van der Waals surface area contributed by atoms with Crippen molar-refractivity contribution >= 4 is 5.69 Å². The third-order valence-electron chi connectivity index (χ3n) is 2.68. The monoisotopic (exact) mass is 190 g/mol. The van der Waals surface area contributed by atoms with Crippen LogP contribution in [0.4, 0.5) is 5.69 Å². The molecule has 76 valence electrons. The van der Waals surface area contributed by atoms with Crippen molar-refractivity contribution in [3.8, 4) is 0 Å². The second kappa shape index (κ2) is 5.01. The van der Waals surface area contributed by atoms with Crippen LogP contribution >= 0.6 is 0 Å². The van der Waals surface area contributed by atoms with Gasteiger partial charge in [0.1, 0.15) is 0 Å². The van der Waals surface area contributed by atoms with E-state index in [2.05, 4.69) is 40.5 Å². The molecule has 0 spiro atoms. The van der Waals surface area contributed by atoms with Crippen LogP contribution in [0.25, 0.3) is 0 Å². The molecule has 0 amide bonds. The van der Waals surface area contributed by atoms with E-state index in [4.69, 9.17) is 0 Å². The van der Waals surface area contributed by atoms with E-state index in [0.717, 1.165) is 13.1 Å². The lowest BCUT2D eigenvalue weighted by Crippen LogP contribution is -2.33. The van der Waals surface area contributed by atoms with Crippen molar-refractivity contribution < 1.29 is 0 Å². The molecule has 1 heterocycles. The maximum absolute atomic E-state index is 3.43. The largest absolute Gasteiger partial charge is 0.371 e. The number of nitrogens with zero attached hydrogens (tertiary/aromatic N) is 1. The first-order valence-electron chi connectivity index (χ1n) is 5.47. The number of hydrogen-bond donors (Lipinski definition) is 1. The van der Waals surface area contributed by atoms with Gasteiger partial charge in [0.25, 0.3) is 0 Å². The summed E-state index contributed by atoms with van der Waals surface area (Å²) in [6.45, 7) is 4.67. The average molecular weight is 190 g/mol. The van der Waals surface area contributed by atoms with Crippen molar-refractivity contribution in [2.75, 3.05) is 31.1 Å². The number of nitrogens with one attached hydrogen (secondary N) is 1. The highest BCUT2D eigenvalue weighted by molar-refractivity contribution is 5.45. The molecule has 0 saturated carbocycles. The lowest BCUT2D eigenvalue weighted by Gasteiger charge is -2.27. The number of para-hydroxylation sites is 1. The number of hydrogen-bond acceptors (Lipinski definition) is 2. The topological polar surface area (TPSA) is 15.3 Å². The Bertz CT molecular complexity index is 250. The highest BCUT2D eigenvalue weighted by Crippen LogP contribution is 2.14. The summed E-state index contributed by atoms with van der Waals surface area (Å²) in [5.41, 5.74) is 1.37. The molecule has 1 aromatic carbocycles. The molecule has 1 aliphatic heterocycles. The number of anilines is 1. The zero-order valence-electron chi connectivity index (χ0n) is 8.58. The Labute approximate surface area is 85.9 Å². The van der Waals surface area contributed by atoms with E-state index in [1.54, 1.807) is 0 Å². The van der Waals surface area contributed by atoms with Gasteiger partial charge in [0.15, 0.2) is 0 Å². The molecule has 2 nitrogen and oxygen atoms in total. The summed E-state index contributed by atoms with van der Waals surface area (Å²) in [6, 6.07) is 10.7. The van der Waals surface area contributed by atoms with Gasteiger partial charge in [0.05, 0.1) is 0 Å². The molecule has 1 N–H and O–H groups in total. The Kier molecular flexibility index (Phi) is 3.41. The first-order chi connectivity index (χ1) is 6.97. The molecule has 1 aliphatic rings. The molecule has 0 aliphatic carbocycles. The summed E-state index contributed by atoms with van der Waals surface area (Å²) >= 11 is 0. The van der Waals surface area contributed by atoms with E-state index < -0.39 is 0 Å². The van der Waals surface area contributed by atoms with Crippen LogP contribution in [0.15, 0.2) is 30.3 Å². The van der Waals surface area contributed by atoms with Crippen molar-refractivity contribution in [3.63, 3.8) is 0 Å². The molecular weight excluding hydrogens is 172 g/mol. The Balaban J connectivity index is 2.01. The number of rotatable bonds is 1. The van der Waals surface area contributed by atoms with Crippen LogP contribution in [0.5, 0.6) is 0 Å². The van der Waals surface area contributed by atoms with Crippen LogP contribution in [-0.2, 0) is 0 Å². The lowest BCUT2D eigenvalue weighted by atomic mass is 10.2. The number of benzene rings is 1. The quantitative estimate of drug-likeness (QED) is 0.727. The van der Waals surface area contributed by atoms with Crippen LogP contribution in [0.2, 0.25) is 0 Å². The van der Waals surface area contributed by atoms with Gasteiger partial charge < -0.3 is 10.2 Å². The van der Waals surface area contributed by atoms with Crippen molar-refractivity contribution in [1.82, 2.24) is 5.32 Å². The van der Waals surface area contributed by atoms with Gasteiger partial charge >= 0.3 is 0 Å². The summed E-state index contributed by atoms with van der Waals surface area (Å²) in [5, 5.41) is 3.43. The molecule has 2 rings (SSSR count).